The van der Waals surface area contributed by atoms with Gasteiger partial charge in [0.2, 0.25) is 0 Å². The highest BCUT2D eigenvalue weighted by molar-refractivity contribution is 4.95. The van der Waals surface area contributed by atoms with Gasteiger partial charge in [-0.2, -0.15) is 0 Å². The van der Waals surface area contributed by atoms with Crippen LogP contribution in [0.2, 0.25) is 0 Å². The summed E-state index contributed by atoms with van der Waals surface area (Å²) in [4.78, 5) is 0. The Kier molecular flexibility index (Phi) is 20.0. The highest BCUT2D eigenvalue weighted by atomic mass is 14.0. The molecule has 0 aliphatic carbocycles. The summed E-state index contributed by atoms with van der Waals surface area (Å²) < 4.78 is 0. The van der Waals surface area contributed by atoms with Crippen molar-refractivity contribution in [1.29, 1.82) is 0 Å². The standard InChI is InChI=1S/C22H40/c1-3-5-7-9-11-13-15-17-19-21-22-20-18-16-14-12-10-8-6-4-2/h1,3,5,7H,2,4,6,8-22H2. The zero-order valence-electron chi connectivity index (χ0n) is 15.0. The van der Waals surface area contributed by atoms with E-state index >= 15 is 0 Å². The molecule has 0 bridgehead atoms. The van der Waals surface area contributed by atoms with Crippen molar-refractivity contribution in [1.82, 2.24) is 0 Å². The fraction of sp³-hybridized carbons (Fsp3) is 0.773. The van der Waals surface area contributed by atoms with Gasteiger partial charge in [0.15, 0.2) is 0 Å². The highest BCUT2D eigenvalue weighted by Gasteiger charge is 1.94. The Hall–Kier alpha value is -0.520. The first-order chi connectivity index (χ1) is 10.9. The summed E-state index contributed by atoms with van der Waals surface area (Å²) in [7, 11) is 0. The zero-order chi connectivity index (χ0) is 16.1. The smallest absolute Gasteiger partial charge is 0.0348 e. The van der Waals surface area contributed by atoms with Crippen LogP contribution in [0.4, 0.5) is 0 Å². The van der Waals surface area contributed by atoms with E-state index in [1.807, 2.05) is 6.08 Å². The molecule has 0 heteroatoms. The van der Waals surface area contributed by atoms with Crippen molar-refractivity contribution in [2.75, 3.05) is 0 Å². The molecule has 0 nitrogen and oxygen atoms in total. The topological polar surface area (TPSA) is 0 Å². The molecule has 0 saturated heterocycles. The van der Waals surface area contributed by atoms with Gasteiger partial charge in [-0.25, -0.2) is 0 Å². The molecule has 0 atom stereocenters. The first-order valence-electron chi connectivity index (χ1n) is 9.91. The largest absolute Gasteiger partial charge is 0.0845 e. The molecule has 0 fully saturated rings. The maximum atomic E-state index is 5.29. The van der Waals surface area contributed by atoms with Crippen LogP contribution in [0.1, 0.15) is 109 Å². The van der Waals surface area contributed by atoms with E-state index in [2.05, 4.69) is 13.0 Å². The molecule has 0 unspecified atom stereocenters. The van der Waals surface area contributed by atoms with Gasteiger partial charge in [-0.05, 0) is 12.8 Å². The Morgan fingerprint density at radius 2 is 0.909 bits per heavy atom. The maximum absolute atomic E-state index is 5.29. The van der Waals surface area contributed by atoms with Crippen LogP contribution in [-0.2, 0) is 0 Å². The molecule has 2 radical (unpaired) electrons. The number of hydrogen-bond donors (Lipinski definition) is 0. The van der Waals surface area contributed by atoms with E-state index in [1.54, 1.807) is 6.08 Å². The number of rotatable bonds is 18. The SMILES string of the molecule is [CH]=CC=CCCCCCCCCCCCCCCCCC[CH2]. The summed E-state index contributed by atoms with van der Waals surface area (Å²) in [6.45, 7) is 9.18. The van der Waals surface area contributed by atoms with Crippen molar-refractivity contribution in [3.05, 3.63) is 31.7 Å². The van der Waals surface area contributed by atoms with Crippen LogP contribution >= 0.6 is 0 Å². The monoisotopic (exact) mass is 304 g/mol. The lowest BCUT2D eigenvalue weighted by Crippen LogP contribution is -1.83. The second-order valence-electron chi connectivity index (χ2n) is 6.57. The number of unbranched alkanes of at least 4 members (excludes halogenated alkanes) is 16. The quantitative estimate of drug-likeness (QED) is 0.178. The van der Waals surface area contributed by atoms with Gasteiger partial charge in [0, 0.05) is 0 Å². The van der Waals surface area contributed by atoms with E-state index in [9.17, 15) is 0 Å². The molecule has 0 aliphatic heterocycles. The summed E-state index contributed by atoms with van der Waals surface area (Å²) in [5.41, 5.74) is 0. The first kappa shape index (κ1) is 21.5. The van der Waals surface area contributed by atoms with Crippen LogP contribution in [0.5, 0.6) is 0 Å². The molecule has 0 amide bonds. The molecule has 0 rings (SSSR count). The van der Waals surface area contributed by atoms with E-state index in [0.717, 1.165) is 6.42 Å². The molecule has 0 spiro atoms. The minimum Gasteiger partial charge on any atom is -0.0845 e. The lowest BCUT2D eigenvalue weighted by Gasteiger charge is -2.03. The van der Waals surface area contributed by atoms with Crippen LogP contribution in [0.25, 0.3) is 0 Å². The molecular weight excluding hydrogens is 264 g/mol. The van der Waals surface area contributed by atoms with Crippen LogP contribution < -0.4 is 0 Å². The Morgan fingerprint density at radius 3 is 1.27 bits per heavy atom. The van der Waals surface area contributed by atoms with E-state index in [-0.39, 0.29) is 0 Å². The summed E-state index contributed by atoms with van der Waals surface area (Å²) in [6.07, 6.45) is 29.3. The second-order valence-corrected chi connectivity index (χ2v) is 6.57. The van der Waals surface area contributed by atoms with E-state index in [4.69, 9.17) is 6.58 Å². The Balaban J connectivity index is 2.97. The molecule has 0 N–H and O–H groups in total. The summed E-state index contributed by atoms with van der Waals surface area (Å²) in [5.74, 6) is 0. The third-order valence-electron chi connectivity index (χ3n) is 4.37. The Bertz CT molecular complexity index is 226. The molecule has 0 aromatic rings. The first-order valence-corrected chi connectivity index (χ1v) is 9.91. The average Bonchev–Trinajstić information content (AvgIpc) is 2.54. The second kappa shape index (κ2) is 20.5. The van der Waals surface area contributed by atoms with Gasteiger partial charge < -0.3 is 0 Å². The summed E-state index contributed by atoms with van der Waals surface area (Å²) >= 11 is 0. The minimum atomic E-state index is 1.12. The number of hydrogen-bond acceptors (Lipinski definition) is 0. The van der Waals surface area contributed by atoms with Crippen molar-refractivity contribution >= 4 is 0 Å². The van der Waals surface area contributed by atoms with Crippen molar-refractivity contribution in [2.45, 2.75) is 109 Å². The van der Waals surface area contributed by atoms with E-state index in [0.29, 0.717) is 0 Å². The molecule has 22 heavy (non-hydrogen) atoms. The van der Waals surface area contributed by atoms with Gasteiger partial charge in [0.25, 0.3) is 0 Å². The molecule has 0 saturated carbocycles. The van der Waals surface area contributed by atoms with Gasteiger partial charge in [0.05, 0.1) is 0 Å². The molecule has 128 valence electrons. The van der Waals surface area contributed by atoms with Crippen LogP contribution in [-0.4, -0.2) is 0 Å². The lowest BCUT2D eigenvalue weighted by atomic mass is 10.0. The lowest BCUT2D eigenvalue weighted by molar-refractivity contribution is 0.531. The molecule has 0 heterocycles. The van der Waals surface area contributed by atoms with E-state index < -0.39 is 0 Å². The fourth-order valence-electron chi connectivity index (χ4n) is 2.91. The maximum Gasteiger partial charge on any atom is -0.0348 e. The molecular formula is C22H40. The summed E-state index contributed by atoms with van der Waals surface area (Å²) in [5, 5.41) is 0. The van der Waals surface area contributed by atoms with Crippen LogP contribution in [0.15, 0.2) is 18.2 Å². The third kappa shape index (κ3) is 19.5. The zero-order valence-corrected chi connectivity index (χ0v) is 15.0. The van der Waals surface area contributed by atoms with Crippen molar-refractivity contribution in [3.8, 4) is 0 Å². The predicted octanol–water partition coefficient (Wildman–Crippen LogP) is 8.00. The van der Waals surface area contributed by atoms with Crippen LogP contribution in [0, 0.1) is 13.5 Å². The van der Waals surface area contributed by atoms with Crippen molar-refractivity contribution in [3.63, 3.8) is 0 Å². The predicted molar refractivity (Wildman–Crippen MR) is 102 cm³/mol. The van der Waals surface area contributed by atoms with Crippen molar-refractivity contribution < 1.29 is 0 Å². The van der Waals surface area contributed by atoms with Crippen molar-refractivity contribution in [2.24, 2.45) is 0 Å². The Labute approximate surface area is 141 Å². The summed E-state index contributed by atoms with van der Waals surface area (Å²) in [6, 6.07) is 0. The molecule has 0 aliphatic rings. The van der Waals surface area contributed by atoms with E-state index in [1.165, 1.54) is 103 Å². The van der Waals surface area contributed by atoms with Gasteiger partial charge in [-0.1, -0.05) is 128 Å². The fourth-order valence-corrected chi connectivity index (χ4v) is 2.91. The van der Waals surface area contributed by atoms with Gasteiger partial charge in [-0.3, -0.25) is 0 Å². The normalized spacial score (nSPS) is 11.3. The minimum absolute atomic E-state index is 1.12. The van der Waals surface area contributed by atoms with Gasteiger partial charge in [0.1, 0.15) is 0 Å². The Morgan fingerprint density at radius 1 is 0.545 bits per heavy atom. The van der Waals surface area contributed by atoms with Crippen LogP contribution in [0.3, 0.4) is 0 Å². The molecule has 0 aromatic heterocycles. The molecule has 0 aromatic carbocycles. The average molecular weight is 305 g/mol. The third-order valence-corrected chi connectivity index (χ3v) is 4.37. The van der Waals surface area contributed by atoms with Gasteiger partial charge >= 0.3 is 0 Å². The number of allylic oxidation sites excluding steroid dienone is 3. The highest BCUT2D eigenvalue weighted by Crippen LogP contribution is 2.13. The van der Waals surface area contributed by atoms with Gasteiger partial charge in [-0.15, -0.1) is 0 Å².